The van der Waals surface area contributed by atoms with Crippen molar-refractivity contribution in [2.24, 2.45) is 11.7 Å². The van der Waals surface area contributed by atoms with Crippen molar-refractivity contribution in [2.45, 2.75) is 39.4 Å². The van der Waals surface area contributed by atoms with Gasteiger partial charge in [0, 0.05) is 29.4 Å². The van der Waals surface area contributed by atoms with E-state index in [0.29, 0.717) is 30.4 Å². The van der Waals surface area contributed by atoms with Gasteiger partial charge in [-0.15, -0.1) is 0 Å². The monoisotopic (exact) mass is 455 g/mol. The summed E-state index contributed by atoms with van der Waals surface area (Å²) in [6.07, 6.45) is 0.846. The van der Waals surface area contributed by atoms with Crippen molar-refractivity contribution < 1.29 is 9.18 Å². The normalized spacial score (nSPS) is 15.2. The Labute approximate surface area is 192 Å². The predicted octanol–water partition coefficient (Wildman–Crippen LogP) is 4.80. The van der Waals surface area contributed by atoms with E-state index >= 15 is 0 Å². The molecule has 0 unspecified atom stereocenters. The van der Waals surface area contributed by atoms with Gasteiger partial charge in [0.25, 0.3) is 0 Å². The van der Waals surface area contributed by atoms with Crippen molar-refractivity contribution >= 4 is 29.0 Å². The van der Waals surface area contributed by atoms with Gasteiger partial charge in [0.2, 0.25) is 5.91 Å². The van der Waals surface area contributed by atoms with Crippen molar-refractivity contribution in [3.8, 4) is 11.3 Å². The second kappa shape index (κ2) is 9.30. The zero-order valence-electron chi connectivity index (χ0n) is 18.2. The van der Waals surface area contributed by atoms with E-state index in [2.05, 4.69) is 9.88 Å². The largest absolute Gasteiger partial charge is 0.340 e. The van der Waals surface area contributed by atoms with Gasteiger partial charge < -0.3 is 20.5 Å². The predicted molar refractivity (Wildman–Crippen MR) is 125 cm³/mol. The van der Waals surface area contributed by atoms with Crippen LogP contribution in [0.1, 0.15) is 26.1 Å². The number of nitrogens with one attached hydrogen (secondary N) is 1. The molecule has 0 radical (unpaired) electrons. The maximum atomic E-state index is 13.5. The van der Waals surface area contributed by atoms with E-state index in [-0.39, 0.29) is 17.6 Å². The van der Waals surface area contributed by atoms with Gasteiger partial charge in [-0.05, 0) is 54.4 Å². The first kappa shape index (κ1) is 22.3. The molecule has 1 aliphatic rings. The van der Waals surface area contributed by atoms with Crippen molar-refractivity contribution in [1.82, 2.24) is 14.5 Å². The van der Waals surface area contributed by atoms with Crippen LogP contribution in [0.2, 0.25) is 5.02 Å². The molecule has 0 saturated heterocycles. The molecule has 8 heteroatoms. The van der Waals surface area contributed by atoms with Crippen molar-refractivity contribution in [3.63, 3.8) is 0 Å². The lowest BCUT2D eigenvalue weighted by molar-refractivity contribution is -0.135. The van der Waals surface area contributed by atoms with Crippen LogP contribution in [-0.4, -0.2) is 32.9 Å². The second-order valence-corrected chi connectivity index (χ2v) is 8.62. The first-order valence-corrected chi connectivity index (χ1v) is 11.2. The standard InChI is InChI=1S/C24H27ClFN5O/c1-3-15(2)21(27)24(32)30-12-13-31-20(14-30)29-22(16-4-8-18(26)9-5-16)23(31)28-19-10-6-17(25)7-11-19/h4-11,15,21,28H,3,12-14,27H2,1-2H3/t15-,21-/m0/s1. The zero-order valence-corrected chi connectivity index (χ0v) is 18.9. The lowest BCUT2D eigenvalue weighted by Crippen LogP contribution is -2.49. The Balaban J connectivity index is 1.69. The van der Waals surface area contributed by atoms with Gasteiger partial charge in [-0.25, -0.2) is 9.37 Å². The van der Waals surface area contributed by atoms with Gasteiger partial charge in [0.15, 0.2) is 0 Å². The minimum Gasteiger partial charge on any atom is -0.340 e. The van der Waals surface area contributed by atoms with Crippen molar-refractivity contribution in [1.29, 1.82) is 0 Å². The number of hydrogen-bond acceptors (Lipinski definition) is 4. The molecule has 2 atom stereocenters. The molecule has 2 aromatic carbocycles. The molecule has 0 spiro atoms. The number of carbonyl (C=O) groups is 1. The number of anilines is 2. The molecular weight excluding hydrogens is 429 g/mol. The number of halogens is 2. The maximum absolute atomic E-state index is 13.5. The fourth-order valence-electron chi connectivity index (χ4n) is 3.83. The summed E-state index contributed by atoms with van der Waals surface area (Å²) < 4.78 is 15.6. The Morgan fingerprint density at radius 1 is 1.19 bits per heavy atom. The summed E-state index contributed by atoms with van der Waals surface area (Å²) in [5.41, 5.74) is 8.55. The summed E-state index contributed by atoms with van der Waals surface area (Å²) in [6.45, 7) is 5.53. The summed E-state index contributed by atoms with van der Waals surface area (Å²) in [6, 6.07) is 13.1. The van der Waals surface area contributed by atoms with Crippen LogP contribution in [0.3, 0.4) is 0 Å². The molecule has 3 N–H and O–H groups in total. The van der Waals surface area contributed by atoms with Crippen molar-refractivity contribution in [3.05, 3.63) is 65.2 Å². The van der Waals surface area contributed by atoms with E-state index in [0.717, 1.165) is 29.3 Å². The van der Waals surface area contributed by atoms with Crippen LogP contribution in [0.4, 0.5) is 15.9 Å². The molecule has 0 aliphatic carbocycles. The molecule has 168 valence electrons. The number of hydrogen-bond donors (Lipinski definition) is 2. The van der Waals surface area contributed by atoms with E-state index in [1.54, 1.807) is 17.0 Å². The molecule has 0 bridgehead atoms. The van der Waals surface area contributed by atoms with Gasteiger partial charge in [-0.2, -0.15) is 0 Å². The minimum atomic E-state index is -0.523. The average Bonchev–Trinajstić information content (AvgIpc) is 3.17. The van der Waals surface area contributed by atoms with E-state index < -0.39 is 6.04 Å². The summed E-state index contributed by atoms with van der Waals surface area (Å²) in [5.74, 6) is 1.31. The Hall–Kier alpha value is -2.90. The van der Waals surface area contributed by atoms with Gasteiger partial charge in [-0.3, -0.25) is 4.79 Å². The molecule has 1 aromatic heterocycles. The molecule has 6 nitrogen and oxygen atoms in total. The molecule has 0 fully saturated rings. The number of nitrogens with two attached hydrogens (primary N) is 1. The summed E-state index contributed by atoms with van der Waals surface area (Å²) in [4.78, 5) is 19.5. The molecule has 32 heavy (non-hydrogen) atoms. The zero-order chi connectivity index (χ0) is 22.8. The van der Waals surface area contributed by atoms with E-state index in [4.69, 9.17) is 22.3 Å². The number of nitrogens with zero attached hydrogens (tertiary/aromatic N) is 3. The highest BCUT2D eigenvalue weighted by Crippen LogP contribution is 2.33. The quantitative estimate of drug-likeness (QED) is 0.559. The number of carbonyl (C=O) groups excluding carboxylic acids is 1. The summed E-state index contributed by atoms with van der Waals surface area (Å²) in [7, 11) is 0. The smallest absolute Gasteiger partial charge is 0.240 e. The van der Waals surface area contributed by atoms with Crippen LogP contribution in [0.15, 0.2) is 48.5 Å². The highest BCUT2D eigenvalue weighted by Gasteiger charge is 2.30. The fourth-order valence-corrected chi connectivity index (χ4v) is 3.96. The summed E-state index contributed by atoms with van der Waals surface area (Å²) >= 11 is 6.03. The number of rotatable bonds is 6. The highest BCUT2D eigenvalue weighted by atomic mass is 35.5. The highest BCUT2D eigenvalue weighted by molar-refractivity contribution is 6.30. The Bertz CT molecular complexity index is 1100. The molecule has 3 aromatic rings. The van der Waals surface area contributed by atoms with E-state index in [9.17, 15) is 9.18 Å². The fraction of sp³-hybridized carbons (Fsp3) is 0.333. The first-order chi connectivity index (χ1) is 15.4. The minimum absolute atomic E-state index is 0.0517. The maximum Gasteiger partial charge on any atom is 0.240 e. The Kier molecular flexibility index (Phi) is 6.48. The lowest BCUT2D eigenvalue weighted by atomic mass is 9.98. The van der Waals surface area contributed by atoms with Gasteiger partial charge >= 0.3 is 0 Å². The third kappa shape index (κ3) is 4.49. The van der Waals surface area contributed by atoms with Crippen molar-refractivity contribution in [2.75, 3.05) is 11.9 Å². The number of imidazole rings is 1. The third-order valence-electron chi connectivity index (χ3n) is 6.05. The van der Waals surface area contributed by atoms with Gasteiger partial charge in [0.05, 0.1) is 12.6 Å². The average molecular weight is 456 g/mol. The van der Waals surface area contributed by atoms with E-state index in [1.165, 1.54) is 12.1 Å². The first-order valence-electron chi connectivity index (χ1n) is 10.8. The second-order valence-electron chi connectivity index (χ2n) is 8.19. The molecule has 1 aliphatic heterocycles. The number of fused-ring (bicyclic) bond motifs is 1. The van der Waals surface area contributed by atoms with Crippen LogP contribution in [0.5, 0.6) is 0 Å². The number of aromatic nitrogens is 2. The third-order valence-corrected chi connectivity index (χ3v) is 6.30. The van der Waals surface area contributed by atoms with Gasteiger partial charge in [-0.1, -0.05) is 31.9 Å². The lowest BCUT2D eigenvalue weighted by Gasteiger charge is -2.32. The van der Waals surface area contributed by atoms with Crippen LogP contribution in [0, 0.1) is 11.7 Å². The SMILES string of the molecule is CC[C@H](C)[C@H](N)C(=O)N1CCn2c(nc(-c3ccc(F)cc3)c2Nc2ccc(Cl)cc2)C1. The van der Waals surface area contributed by atoms with E-state index in [1.807, 2.05) is 38.1 Å². The molecular formula is C24H27ClFN5O. The van der Waals surface area contributed by atoms with Crippen LogP contribution in [-0.2, 0) is 17.9 Å². The molecule has 2 heterocycles. The topological polar surface area (TPSA) is 76.2 Å². The molecule has 0 saturated carbocycles. The molecule has 4 rings (SSSR count). The van der Waals surface area contributed by atoms with Crippen LogP contribution < -0.4 is 11.1 Å². The van der Waals surface area contributed by atoms with Crippen LogP contribution >= 0.6 is 11.6 Å². The van der Waals surface area contributed by atoms with Crippen LogP contribution in [0.25, 0.3) is 11.3 Å². The number of amides is 1. The van der Waals surface area contributed by atoms with Gasteiger partial charge in [0.1, 0.15) is 23.2 Å². The number of benzene rings is 2. The molecule has 1 amide bonds. The Morgan fingerprint density at radius 3 is 2.53 bits per heavy atom. The Morgan fingerprint density at radius 2 is 1.88 bits per heavy atom. The summed E-state index contributed by atoms with van der Waals surface area (Å²) in [5, 5.41) is 4.08.